The van der Waals surface area contributed by atoms with Crippen molar-refractivity contribution >= 4 is 22.0 Å². The van der Waals surface area contributed by atoms with E-state index in [0.717, 1.165) is 0 Å². The standard InChI is InChI=1S/C18H19NO7S/c1-26-13-7-9-14(10-8-13)27(24,25)19-16(18(22)23)15(17(20)21)11-12-5-3-2-4-6-12/h2-10,15-16,19H,11H2,1H3,(H,20,21)(H,22,23). The predicted octanol–water partition coefficient (Wildman–Crippen LogP) is 1.37. The van der Waals surface area contributed by atoms with Crippen molar-refractivity contribution in [2.75, 3.05) is 7.11 Å². The van der Waals surface area contributed by atoms with Gasteiger partial charge >= 0.3 is 11.9 Å². The van der Waals surface area contributed by atoms with Gasteiger partial charge in [0.25, 0.3) is 0 Å². The van der Waals surface area contributed by atoms with Crippen molar-refractivity contribution in [3.8, 4) is 5.75 Å². The lowest BCUT2D eigenvalue weighted by Gasteiger charge is -2.21. The van der Waals surface area contributed by atoms with Crippen molar-refractivity contribution in [3.05, 3.63) is 60.2 Å². The first-order chi connectivity index (χ1) is 12.7. The number of methoxy groups -OCH3 is 1. The summed E-state index contributed by atoms with van der Waals surface area (Å²) in [7, 11) is -2.83. The minimum atomic E-state index is -4.25. The second kappa shape index (κ2) is 8.65. The molecule has 0 spiro atoms. The molecule has 0 fully saturated rings. The molecule has 0 heterocycles. The molecular weight excluding hydrogens is 374 g/mol. The summed E-state index contributed by atoms with van der Waals surface area (Å²) in [6, 6.07) is 11.9. The number of carbonyl (C=O) groups is 2. The van der Waals surface area contributed by atoms with Gasteiger partial charge in [0.15, 0.2) is 0 Å². The third-order valence-electron chi connectivity index (χ3n) is 3.94. The van der Waals surface area contributed by atoms with Crippen molar-refractivity contribution in [1.29, 1.82) is 0 Å². The zero-order valence-electron chi connectivity index (χ0n) is 14.4. The Bertz CT molecular complexity index is 895. The normalized spacial score (nSPS) is 13.5. The molecule has 3 N–H and O–H groups in total. The molecule has 0 saturated heterocycles. The monoisotopic (exact) mass is 393 g/mol. The van der Waals surface area contributed by atoms with E-state index < -0.39 is 33.9 Å². The summed E-state index contributed by atoms with van der Waals surface area (Å²) in [5.74, 6) is -4.05. The highest BCUT2D eigenvalue weighted by Crippen LogP contribution is 2.19. The van der Waals surface area contributed by atoms with Crippen molar-refractivity contribution in [2.24, 2.45) is 5.92 Å². The number of rotatable bonds is 9. The van der Waals surface area contributed by atoms with Crippen LogP contribution in [0.4, 0.5) is 0 Å². The third kappa shape index (κ3) is 5.28. The first kappa shape index (κ1) is 20.4. The summed E-state index contributed by atoms with van der Waals surface area (Å²) in [4.78, 5) is 23.1. The molecule has 0 bridgehead atoms. The Morgan fingerprint density at radius 1 is 1.00 bits per heavy atom. The molecule has 0 aliphatic rings. The van der Waals surface area contributed by atoms with E-state index in [9.17, 15) is 28.2 Å². The van der Waals surface area contributed by atoms with E-state index in [2.05, 4.69) is 0 Å². The largest absolute Gasteiger partial charge is 0.497 e. The highest BCUT2D eigenvalue weighted by molar-refractivity contribution is 7.89. The molecule has 27 heavy (non-hydrogen) atoms. The highest BCUT2D eigenvalue weighted by Gasteiger charge is 2.37. The summed E-state index contributed by atoms with van der Waals surface area (Å²) in [6.07, 6.45) is -0.141. The van der Waals surface area contributed by atoms with Crippen LogP contribution in [0.25, 0.3) is 0 Å². The van der Waals surface area contributed by atoms with Crippen LogP contribution in [-0.4, -0.2) is 43.7 Å². The lowest BCUT2D eigenvalue weighted by molar-refractivity contribution is -0.150. The second-order valence-corrected chi connectivity index (χ2v) is 7.46. The summed E-state index contributed by atoms with van der Waals surface area (Å²) in [5, 5.41) is 18.9. The molecular formula is C18H19NO7S. The first-order valence-corrected chi connectivity index (χ1v) is 9.39. The molecule has 2 unspecified atom stereocenters. The fourth-order valence-electron chi connectivity index (χ4n) is 2.51. The van der Waals surface area contributed by atoms with Gasteiger partial charge in [-0.2, -0.15) is 4.72 Å². The number of aliphatic carboxylic acids is 2. The maximum atomic E-state index is 12.5. The zero-order chi connectivity index (χ0) is 20.0. The van der Waals surface area contributed by atoms with Crippen molar-refractivity contribution < 1.29 is 33.0 Å². The second-order valence-electron chi connectivity index (χ2n) is 5.75. The number of hydrogen-bond donors (Lipinski definition) is 3. The molecule has 2 atom stereocenters. The predicted molar refractivity (Wildman–Crippen MR) is 96.0 cm³/mol. The Morgan fingerprint density at radius 2 is 1.59 bits per heavy atom. The Morgan fingerprint density at radius 3 is 2.07 bits per heavy atom. The fraction of sp³-hybridized carbons (Fsp3) is 0.222. The molecule has 2 rings (SSSR count). The van der Waals surface area contributed by atoms with Gasteiger partial charge in [0.05, 0.1) is 17.9 Å². The van der Waals surface area contributed by atoms with Crippen LogP contribution in [0, 0.1) is 5.92 Å². The SMILES string of the molecule is COc1ccc(S(=O)(=O)NC(C(=O)O)C(Cc2ccccc2)C(=O)O)cc1. The number of nitrogens with one attached hydrogen (secondary N) is 1. The number of sulfonamides is 1. The van der Waals surface area contributed by atoms with Crippen LogP contribution in [0.15, 0.2) is 59.5 Å². The van der Waals surface area contributed by atoms with Crippen molar-refractivity contribution in [3.63, 3.8) is 0 Å². The van der Waals surface area contributed by atoms with E-state index in [1.165, 1.54) is 31.4 Å². The van der Waals surface area contributed by atoms with Gasteiger partial charge in [0.2, 0.25) is 10.0 Å². The van der Waals surface area contributed by atoms with Gasteiger partial charge in [-0.1, -0.05) is 30.3 Å². The number of carboxylic acid groups (broad SMARTS) is 2. The Hall–Kier alpha value is -2.91. The van der Waals surface area contributed by atoms with Crippen LogP contribution in [0.1, 0.15) is 5.56 Å². The van der Waals surface area contributed by atoms with Gasteiger partial charge in [-0.25, -0.2) is 8.42 Å². The average Bonchev–Trinajstić information content (AvgIpc) is 2.65. The third-order valence-corrected chi connectivity index (χ3v) is 5.39. The molecule has 9 heteroatoms. The molecule has 2 aromatic carbocycles. The number of benzene rings is 2. The van der Waals surface area contributed by atoms with E-state index in [4.69, 9.17) is 4.74 Å². The first-order valence-electron chi connectivity index (χ1n) is 7.90. The van der Waals surface area contributed by atoms with Crippen molar-refractivity contribution in [1.82, 2.24) is 4.72 Å². The fourth-order valence-corrected chi connectivity index (χ4v) is 3.74. The molecule has 0 saturated carbocycles. The van der Waals surface area contributed by atoms with Crippen LogP contribution < -0.4 is 9.46 Å². The number of hydrogen-bond acceptors (Lipinski definition) is 5. The van der Waals surface area contributed by atoms with E-state index in [-0.39, 0.29) is 11.3 Å². The lowest BCUT2D eigenvalue weighted by atomic mass is 9.93. The zero-order valence-corrected chi connectivity index (χ0v) is 15.2. The summed E-state index contributed by atoms with van der Waals surface area (Å²) < 4.78 is 32.0. The van der Waals surface area contributed by atoms with Gasteiger partial charge in [-0.15, -0.1) is 0 Å². The summed E-state index contributed by atoms with van der Waals surface area (Å²) in [5.41, 5.74) is 0.583. The van der Waals surface area contributed by atoms with Gasteiger partial charge in [-0.3, -0.25) is 9.59 Å². The molecule has 0 radical (unpaired) electrons. The molecule has 0 aromatic heterocycles. The molecule has 0 aliphatic heterocycles. The minimum absolute atomic E-state index is 0.141. The van der Waals surface area contributed by atoms with Gasteiger partial charge in [-0.05, 0) is 36.2 Å². The average molecular weight is 393 g/mol. The lowest BCUT2D eigenvalue weighted by Crippen LogP contribution is -2.49. The molecule has 0 aliphatic carbocycles. The van der Waals surface area contributed by atoms with E-state index >= 15 is 0 Å². The van der Waals surface area contributed by atoms with Crippen LogP contribution in [0.5, 0.6) is 5.75 Å². The van der Waals surface area contributed by atoms with Crippen molar-refractivity contribution in [2.45, 2.75) is 17.4 Å². The molecule has 8 nitrogen and oxygen atoms in total. The smallest absolute Gasteiger partial charge is 0.322 e. The summed E-state index contributed by atoms with van der Waals surface area (Å²) >= 11 is 0. The maximum absolute atomic E-state index is 12.5. The van der Waals surface area contributed by atoms with Gasteiger partial charge in [0, 0.05) is 0 Å². The molecule has 144 valence electrons. The number of carboxylic acids is 2. The topological polar surface area (TPSA) is 130 Å². The molecule has 2 aromatic rings. The Kier molecular flexibility index (Phi) is 6.54. The quantitative estimate of drug-likeness (QED) is 0.586. The Balaban J connectivity index is 2.30. The van der Waals surface area contributed by atoms with E-state index in [0.29, 0.717) is 11.3 Å². The van der Waals surface area contributed by atoms with Gasteiger partial charge in [0.1, 0.15) is 11.8 Å². The maximum Gasteiger partial charge on any atom is 0.322 e. The van der Waals surface area contributed by atoms with Gasteiger partial charge < -0.3 is 14.9 Å². The van der Waals surface area contributed by atoms with Crippen LogP contribution >= 0.6 is 0 Å². The minimum Gasteiger partial charge on any atom is -0.497 e. The van der Waals surface area contributed by atoms with Crippen LogP contribution in [-0.2, 0) is 26.0 Å². The highest BCUT2D eigenvalue weighted by atomic mass is 32.2. The number of ether oxygens (including phenoxy) is 1. The van der Waals surface area contributed by atoms with E-state index in [1.807, 2.05) is 4.72 Å². The molecule has 0 amide bonds. The van der Waals surface area contributed by atoms with E-state index in [1.54, 1.807) is 30.3 Å². The van der Waals surface area contributed by atoms with Crippen LogP contribution in [0.3, 0.4) is 0 Å². The Labute approximate surface area is 156 Å². The van der Waals surface area contributed by atoms with Crippen LogP contribution in [0.2, 0.25) is 0 Å². The summed E-state index contributed by atoms with van der Waals surface area (Å²) in [6.45, 7) is 0.